The second-order valence-corrected chi connectivity index (χ2v) is 4.64. The molecule has 1 heterocycles. The quantitative estimate of drug-likeness (QED) is 0.813. The van der Waals surface area contributed by atoms with Crippen molar-refractivity contribution >= 4 is 16.8 Å². The van der Waals surface area contributed by atoms with Crippen molar-refractivity contribution in [2.45, 2.75) is 19.0 Å². The molecule has 0 aliphatic carbocycles. The van der Waals surface area contributed by atoms with Crippen LogP contribution >= 0.6 is 0 Å². The van der Waals surface area contributed by atoms with Crippen molar-refractivity contribution in [3.8, 4) is 0 Å². The second-order valence-electron chi connectivity index (χ2n) is 4.64. The largest absolute Gasteiger partial charge is 0.389 e. The van der Waals surface area contributed by atoms with Gasteiger partial charge < -0.3 is 0 Å². The third-order valence-corrected chi connectivity index (χ3v) is 3.23. The van der Waals surface area contributed by atoms with Gasteiger partial charge in [0.2, 0.25) is 0 Å². The van der Waals surface area contributed by atoms with Gasteiger partial charge in [0.05, 0.1) is 17.5 Å². The number of alkyl halides is 3. The van der Waals surface area contributed by atoms with Gasteiger partial charge >= 0.3 is 11.9 Å². The molecule has 0 aliphatic heterocycles. The van der Waals surface area contributed by atoms with Crippen LogP contribution in [0.3, 0.4) is 0 Å². The fourth-order valence-electron chi connectivity index (χ4n) is 2.08. The standard InChI is InChI=1S/C13H13F3N2O2/c1-17-9-4-3-8(7-10(9)18(2)12(17)20)11(19)5-6-13(14,15)16/h3-4,7H,5-6H2,1-2H3. The number of imidazole rings is 1. The van der Waals surface area contributed by atoms with Crippen LogP contribution in [-0.4, -0.2) is 21.1 Å². The minimum Gasteiger partial charge on any atom is -0.295 e. The van der Waals surface area contributed by atoms with Crippen LogP contribution in [0.5, 0.6) is 0 Å². The molecule has 0 saturated heterocycles. The Kier molecular flexibility index (Phi) is 3.45. The van der Waals surface area contributed by atoms with Crippen LogP contribution < -0.4 is 5.69 Å². The van der Waals surface area contributed by atoms with Crippen molar-refractivity contribution in [1.82, 2.24) is 9.13 Å². The minimum absolute atomic E-state index is 0.183. The molecule has 4 nitrogen and oxygen atoms in total. The van der Waals surface area contributed by atoms with E-state index in [0.29, 0.717) is 11.0 Å². The number of nitrogens with zero attached hydrogens (tertiary/aromatic N) is 2. The van der Waals surface area contributed by atoms with Crippen LogP contribution in [0.15, 0.2) is 23.0 Å². The van der Waals surface area contributed by atoms with Crippen molar-refractivity contribution in [3.63, 3.8) is 0 Å². The number of fused-ring (bicyclic) bond motifs is 1. The summed E-state index contributed by atoms with van der Waals surface area (Å²) in [7, 11) is 3.14. The van der Waals surface area contributed by atoms with Gasteiger partial charge in [-0.1, -0.05) is 0 Å². The first-order valence-electron chi connectivity index (χ1n) is 5.96. The Hall–Kier alpha value is -2.05. The first-order valence-corrected chi connectivity index (χ1v) is 5.96. The van der Waals surface area contributed by atoms with Crippen molar-refractivity contribution in [2.75, 3.05) is 0 Å². The van der Waals surface area contributed by atoms with Gasteiger partial charge in [-0.05, 0) is 18.2 Å². The van der Waals surface area contributed by atoms with Gasteiger partial charge in [-0.3, -0.25) is 13.9 Å². The number of aromatic nitrogens is 2. The summed E-state index contributed by atoms with van der Waals surface area (Å²) in [4.78, 5) is 23.5. The van der Waals surface area contributed by atoms with Gasteiger partial charge in [-0.25, -0.2) is 4.79 Å². The van der Waals surface area contributed by atoms with E-state index < -0.39 is 24.8 Å². The van der Waals surface area contributed by atoms with E-state index >= 15 is 0 Å². The Bertz CT molecular complexity index is 726. The summed E-state index contributed by atoms with van der Waals surface area (Å²) in [5.74, 6) is -0.583. The third-order valence-electron chi connectivity index (χ3n) is 3.23. The van der Waals surface area contributed by atoms with Crippen LogP contribution in [0.2, 0.25) is 0 Å². The Morgan fingerprint density at radius 2 is 1.75 bits per heavy atom. The second kappa shape index (κ2) is 4.81. The Balaban J connectivity index is 2.35. The maximum Gasteiger partial charge on any atom is 0.389 e. The number of aryl methyl sites for hydroxylation is 2. The lowest BCUT2D eigenvalue weighted by Crippen LogP contribution is -2.19. The van der Waals surface area contributed by atoms with Gasteiger partial charge in [0.15, 0.2) is 5.78 Å². The molecule has 0 unspecified atom stereocenters. The molecule has 20 heavy (non-hydrogen) atoms. The molecule has 0 amide bonds. The number of hydrogen-bond donors (Lipinski definition) is 0. The van der Waals surface area contributed by atoms with E-state index in [1.165, 1.54) is 21.3 Å². The van der Waals surface area contributed by atoms with Gasteiger partial charge in [-0.2, -0.15) is 13.2 Å². The van der Waals surface area contributed by atoms with Crippen LogP contribution in [0.25, 0.3) is 11.0 Å². The molecule has 2 rings (SSSR count). The molecule has 2 aromatic rings. The Labute approximate surface area is 112 Å². The molecule has 1 aromatic carbocycles. The van der Waals surface area contributed by atoms with E-state index in [1.54, 1.807) is 20.2 Å². The zero-order chi connectivity index (χ0) is 15.1. The number of benzene rings is 1. The van der Waals surface area contributed by atoms with Gasteiger partial charge in [0.1, 0.15) is 0 Å². The number of carbonyl (C=O) groups is 1. The highest BCUT2D eigenvalue weighted by Gasteiger charge is 2.28. The number of ketones is 1. The van der Waals surface area contributed by atoms with Crippen molar-refractivity contribution in [1.29, 1.82) is 0 Å². The summed E-state index contributed by atoms with van der Waals surface area (Å²) >= 11 is 0. The van der Waals surface area contributed by atoms with Crippen molar-refractivity contribution in [3.05, 3.63) is 34.2 Å². The van der Waals surface area contributed by atoms with E-state index in [4.69, 9.17) is 0 Å². The van der Waals surface area contributed by atoms with Crippen LogP contribution in [0, 0.1) is 0 Å². The third kappa shape index (κ3) is 2.61. The zero-order valence-electron chi connectivity index (χ0n) is 11.0. The van der Waals surface area contributed by atoms with Crippen LogP contribution in [0.1, 0.15) is 23.2 Å². The SMILES string of the molecule is Cn1c(=O)n(C)c2cc(C(=O)CCC(F)(F)F)ccc21. The molecular formula is C13H13F3N2O2. The highest BCUT2D eigenvalue weighted by molar-refractivity contribution is 5.99. The van der Waals surface area contributed by atoms with Gasteiger partial charge in [0, 0.05) is 26.1 Å². The monoisotopic (exact) mass is 286 g/mol. The van der Waals surface area contributed by atoms with E-state index in [0.717, 1.165) is 0 Å². The molecule has 0 bridgehead atoms. The van der Waals surface area contributed by atoms with E-state index in [1.807, 2.05) is 0 Å². The summed E-state index contributed by atoms with van der Waals surface area (Å²) in [6, 6.07) is 4.47. The van der Waals surface area contributed by atoms with Crippen molar-refractivity contribution in [2.24, 2.45) is 14.1 Å². The highest BCUT2D eigenvalue weighted by Crippen LogP contribution is 2.23. The summed E-state index contributed by atoms with van der Waals surface area (Å²) in [5, 5.41) is 0. The zero-order valence-corrected chi connectivity index (χ0v) is 11.0. The summed E-state index contributed by atoms with van der Waals surface area (Å²) in [6.07, 6.45) is -6.08. The smallest absolute Gasteiger partial charge is 0.295 e. The summed E-state index contributed by atoms with van der Waals surface area (Å²) < 4.78 is 39.1. The van der Waals surface area contributed by atoms with Gasteiger partial charge in [0.25, 0.3) is 0 Å². The average molecular weight is 286 g/mol. The number of rotatable bonds is 3. The molecule has 0 saturated carbocycles. The normalized spacial score (nSPS) is 12.1. The molecule has 0 N–H and O–H groups in total. The maximum absolute atomic E-state index is 12.1. The fourth-order valence-corrected chi connectivity index (χ4v) is 2.08. The van der Waals surface area contributed by atoms with Gasteiger partial charge in [-0.15, -0.1) is 0 Å². The average Bonchev–Trinajstić information content (AvgIpc) is 2.60. The molecule has 0 radical (unpaired) electrons. The molecule has 1 aromatic heterocycles. The number of hydrogen-bond acceptors (Lipinski definition) is 2. The number of Topliss-reactive ketones (excluding diaryl/α,β-unsaturated/α-hetero) is 1. The van der Waals surface area contributed by atoms with Crippen LogP contribution in [0.4, 0.5) is 13.2 Å². The van der Waals surface area contributed by atoms with Crippen molar-refractivity contribution < 1.29 is 18.0 Å². The Morgan fingerprint density at radius 3 is 2.35 bits per heavy atom. The first-order chi connectivity index (χ1) is 9.20. The fraction of sp³-hybridized carbons (Fsp3) is 0.385. The van der Waals surface area contributed by atoms with E-state index in [-0.39, 0.29) is 11.3 Å². The lowest BCUT2D eigenvalue weighted by molar-refractivity contribution is -0.133. The predicted octanol–water partition coefficient (Wildman–Crippen LogP) is 2.40. The van der Waals surface area contributed by atoms with E-state index in [2.05, 4.69) is 0 Å². The first kappa shape index (κ1) is 14.4. The number of halogens is 3. The molecule has 0 spiro atoms. The maximum atomic E-state index is 12.1. The molecule has 0 fully saturated rings. The molecule has 0 aliphatic rings. The highest BCUT2D eigenvalue weighted by atomic mass is 19.4. The molecule has 0 atom stereocenters. The summed E-state index contributed by atoms with van der Waals surface area (Å²) in [5.41, 5.74) is 1.09. The predicted molar refractivity (Wildman–Crippen MR) is 67.8 cm³/mol. The molecule has 7 heteroatoms. The number of carbonyl (C=O) groups excluding carboxylic acids is 1. The lowest BCUT2D eigenvalue weighted by Gasteiger charge is -2.05. The van der Waals surface area contributed by atoms with Crippen LogP contribution in [-0.2, 0) is 14.1 Å². The molecular weight excluding hydrogens is 273 g/mol. The lowest BCUT2D eigenvalue weighted by atomic mass is 10.1. The topological polar surface area (TPSA) is 44.0 Å². The molecule has 108 valence electrons. The minimum atomic E-state index is -4.35. The Morgan fingerprint density at radius 1 is 1.15 bits per heavy atom. The summed E-state index contributed by atoms with van der Waals surface area (Å²) in [6.45, 7) is 0. The van der Waals surface area contributed by atoms with E-state index in [9.17, 15) is 22.8 Å².